The number of hydrogen-bond donors (Lipinski definition) is 3. The van der Waals surface area contributed by atoms with Crippen LogP contribution in [0.3, 0.4) is 0 Å². The van der Waals surface area contributed by atoms with Gasteiger partial charge in [-0.15, -0.1) is 0 Å². The Labute approximate surface area is 201 Å². The van der Waals surface area contributed by atoms with Crippen LogP contribution in [0.25, 0.3) is 10.9 Å². The highest BCUT2D eigenvalue weighted by Crippen LogP contribution is 2.48. The van der Waals surface area contributed by atoms with E-state index in [-0.39, 0.29) is 23.3 Å². The molecule has 2 saturated heterocycles. The minimum atomic E-state index is -2.17. The van der Waals surface area contributed by atoms with Gasteiger partial charge in [-0.05, 0) is 25.8 Å². The van der Waals surface area contributed by atoms with Crippen molar-refractivity contribution in [3.05, 3.63) is 16.8 Å². The van der Waals surface area contributed by atoms with Crippen LogP contribution >= 0.6 is 11.6 Å². The van der Waals surface area contributed by atoms with Gasteiger partial charge in [0, 0.05) is 19.5 Å². The first-order valence-electron chi connectivity index (χ1n) is 11.6. The molecule has 3 aliphatic rings. The van der Waals surface area contributed by atoms with Crippen molar-refractivity contribution in [1.82, 2.24) is 19.9 Å². The molecule has 0 aliphatic carbocycles. The van der Waals surface area contributed by atoms with Crippen molar-refractivity contribution in [2.24, 2.45) is 0 Å². The summed E-state index contributed by atoms with van der Waals surface area (Å²) in [5.41, 5.74) is -0.453. The van der Waals surface area contributed by atoms with E-state index in [2.05, 4.69) is 21.8 Å². The first kappa shape index (κ1) is 25.2. The van der Waals surface area contributed by atoms with Crippen LogP contribution in [0.2, 0.25) is 5.15 Å². The summed E-state index contributed by atoms with van der Waals surface area (Å²) in [5, 5.41) is 21.7. The number of nitrogens with zero attached hydrogens (tertiary/aromatic N) is 5. The van der Waals surface area contributed by atoms with Gasteiger partial charge in [-0.3, -0.25) is 4.90 Å². The van der Waals surface area contributed by atoms with Crippen molar-refractivity contribution >= 4 is 28.3 Å². The lowest BCUT2D eigenvalue weighted by Crippen LogP contribution is -2.39. The fourth-order valence-corrected chi connectivity index (χ4v) is 5.35. The van der Waals surface area contributed by atoms with Gasteiger partial charge in [0.1, 0.15) is 22.9 Å². The van der Waals surface area contributed by atoms with E-state index in [9.17, 15) is 4.39 Å². The molecular weight excluding hydrogens is 472 g/mol. The largest absolute Gasteiger partial charge is 0.456 e. The molecule has 2 fully saturated rings. The third-order valence-electron chi connectivity index (χ3n) is 6.65. The molecule has 34 heavy (non-hydrogen) atoms. The van der Waals surface area contributed by atoms with Crippen LogP contribution in [0.15, 0.2) is 0 Å². The van der Waals surface area contributed by atoms with Crippen molar-refractivity contribution in [2.75, 3.05) is 31.3 Å². The van der Waals surface area contributed by atoms with E-state index in [1.54, 1.807) is 0 Å². The van der Waals surface area contributed by atoms with Gasteiger partial charge in [0.05, 0.1) is 5.54 Å². The molecule has 9 nitrogen and oxygen atoms in total. The first-order chi connectivity index (χ1) is 16.3. The number of halogens is 3. The molecule has 0 amide bonds. The summed E-state index contributed by atoms with van der Waals surface area (Å²) >= 11 is 6.04. The maximum atomic E-state index is 15.0. The lowest BCUT2D eigenvalue weighted by atomic mass is 9.92. The molecule has 188 valence electrons. The minimum absolute atomic E-state index is 0.117. The lowest BCUT2D eigenvalue weighted by Gasteiger charge is -2.34. The van der Waals surface area contributed by atoms with Crippen molar-refractivity contribution in [3.8, 4) is 5.88 Å². The molecule has 0 saturated carbocycles. The fourth-order valence-electron chi connectivity index (χ4n) is 5.18. The lowest BCUT2D eigenvalue weighted by molar-refractivity contribution is -0.198. The molecule has 5 rings (SSSR count). The van der Waals surface area contributed by atoms with Gasteiger partial charge in [0.25, 0.3) is 6.48 Å². The molecule has 2 atom stereocenters. The van der Waals surface area contributed by atoms with Crippen LogP contribution in [0.1, 0.15) is 57.7 Å². The summed E-state index contributed by atoms with van der Waals surface area (Å²) in [6.45, 7) is 2.22. The van der Waals surface area contributed by atoms with Crippen LogP contribution in [0.5, 0.6) is 5.88 Å². The van der Waals surface area contributed by atoms with Crippen LogP contribution in [-0.2, 0) is 5.54 Å². The number of rotatable bonds is 6. The normalized spacial score (nSPS) is 23.8. The van der Waals surface area contributed by atoms with E-state index < -0.39 is 24.0 Å². The first-order valence-corrected chi connectivity index (χ1v) is 12.0. The number of pyridine rings is 1. The molecule has 3 aliphatic heterocycles. The number of hydrogen-bond acceptors (Lipinski definition) is 9. The van der Waals surface area contributed by atoms with Gasteiger partial charge in [-0.2, -0.15) is 4.98 Å². The summed E-state index contributed by atoms with van der Waals surface area (Å²) in [5.74, 6) is 0.709. The summed E-state index contributed by atoms with van der Waals surface area (Å²) < 4.78 is 35.2. The number of anilines is 1. The Kier molecular flexibility index (Phi) is 7.68. The van der Waals surface area contributed by atoms with Crippen LogP contribution < -0.4 is 9.64 Å². The molecule has 2 unspecified atom stereocenters. The van der Waals surface area contributed by atoms with E-state index in [0.717, 1.165) is 51.6 Å². The van der Waals surface area contributed by atoms with Gasteiger partial charge < -0.3 is 25.0 Å². The zero-order chi connectivity index (χ0) is 24.5. The second-order valence-electron chi connectivity index (χ2n) is 8.94. The zero-order valence-electron chi connectivity index (χ0n) is 19.1. The molecule has 0 spiro atoms. The van der Waals surface area contributed by atoms with Crippen LogP contribution in [0.4, 0.5) is 14.6 Å². The predicted octanol–water partition coefficient (Wildman–Crippen LogP) is 2.83. The molecule has 0 radical (unpaired) electrons. The molecule has 2 aromatic heterocycles. The number of fused-ring (bicyclic) bond motifs is 1. The van der Waals surface area contributed by atoms with Gasteiger partial charge >= 0.3 is 0 Å². The average Bonchev–Trinajstić information content (AvgIpc) is 3.32. The zero-order valence-corrected chi connectivity index (χ0v) is 19.8. The molecular formula is C22H30ClF2N5O4. The van der Waals surface area contributed by atoms with E-state index in [4.69, 9.17) is 36.6 Å². The maximum Gasteiger partial charge on any atom is 0.263 e. The third-order valence-corrected chi connectivity index (χ3v) is 6.90. The van der Waals surface area contributed by atoms with Gasteiger partial charge in [0.15, 0.2) is 23.5 Å². The third kappa shape index (κ3) is 4.76. The minimum Gasteiger partial charge on any atom is -0.456 e. The van der Waals surface area contributed by atoms with E-state index in [1.165, 1.54) is 0 Å². The Hall–Kier alpha value is -1.92. The quantitative estimate of drug-likeness (QED) is 0.312. The van der Waals surface area contributed by atoms with Crippen molar-refractivity contribution in [1.29, 1.82) is 0 Å². The van der Waals surface area contributed by atoms with E-state index >= 15 is 4.39 Å². The highest BCUT2D eigenvalue weighted by atomic mass is 35.5. The predicted molar refractivity (Wildman–Crippen MR) is 122 cm³/mol. The van der Waals surface area contributed by atoms with Crippen LogP contribution in [-0.4, -0.2) is 74.2 Å². The summed E-state index contributed by atoms with van der Waals surface area (Å²) in [6, 6.07) is 0. The smallest absolute Gasteiger partial charge is 0.263 e. The molecule has 3 N–H and O–H groups in total. The average molecular weight is 502 g/mol. The molecule has 5 heterocycles. The summed E-state index contributed by atoms with van der Waals surface area (Å²) in [7, 11) is 0. The SMILES string of the molecule is CCCCCCN1COc2nc(Cl)c(F)c3nc(C45CCCN4CC(F)C5)nc1c23.OC(O)O. The highest BCUT2D eigenvalue weighted by Gasteiger charge is 2.52. The number of aromatic nitrogens is 3. The summed E-state index contributed by atoms with van der Waals surface area (Å²) in [6.07, 6.45) is 5.57. The number of alkyl halides is 1. The second kappa shape index (κ2) is 10.4. The Balaban J connectivity index is 0.000000636. The van der Waals surface area contributed by atoms with E-state index in [1.807, 2.05) is 4.90 Å². The summed E-state index contributed by atoms with van der Waals surface area (Å²) in [4.78, 5) is 17.7. The van der Waals surface area contributed by atoms with Crippen molar-refractivity contribution < 1.29 is 28.8 Å². The van der Waals surface area contributed by atoms with Crippen LogP contribution in [0, 0.1) is 5.82 Å². The van der Waals surface area contributed by atoms with E-state index in [0.29, 0.717) is 30.0 Å². The standard InChI is InChI=1S/C21H26ClF2N5O.CH4O3/c1-2-3-4-5-8-28-12-30-19-14-16(15(24)17(22)26-19)25-20(27-18(14)28)21-7-6-9-29(21)11-13(23)10-21;2-1(3)4/h13H,2-12H2,1H3;1-4H. The van der Waals surface area contributed by atoms with Gasteiger partial charge in [-0.25, -0.2) is 18.7 Å². The Morgan fingerprint density at radius 2 is 1.97 bits per heavy atom. The van der Waals surface area contributed by atoms with Gasteiger partial charge in [0.2, 0.25) is 5.88 Å². The molecule has 12 heteroatoms. The monoisotopic (exact) mass is 501 g/mol. The Morgan fingerprint density at radius 1 is 1.21 bits per heavy atom. The molecule has 0 aromatic carbocycles. The molecule has 0 bridgehead atoms. The number of unbranched alkanes of at least 4 members (excludes halogenated alkanes) is 3. The maximum absolute atomic E-state index is 15.0. The highest BCUT2D eigenvalue weighted by molar-refractivity contribution is 6.30. The van der Waals surface area contributed by atoms with Crippen molar-refractivity contribution in [2.45, 2.75) is 70.1 Å². The Bertz CT molecular complexity index is 1030. The second-order valence-corrected chi connectivity index (χ2v) is 9.30. The number of ether oxygens (including phenoxy) is 1. The van der Waals surface area contributed by atoms with Gasteiger partial charge in [-0.1, -0.05) is 37.8 Å². The molecule has 2 aromatic rings. The number of aliphatic hydroxyl groups excluding tert-OH is 1. The Morgan fingerprint density at radius 3 is 2.71 bits per heavy atom. The van der Waals surface area contributed by atoms with Crippen molar-refractivity contribution in [3.63, 3.8) is 0 Å². The number of aliphatic hydroxyl groups is 3. The fraction of sp³-hybridized carbons (Fsp3) is 0.682. The topological polar surface area (TPSA) is 115 Å².